The Hall–Kier alpha value is -3.52. The van der Waals surface area contributed by atoms with Gasteiger partial charge in [-0.1, -0.05) is 86.0 Å². The summed E-state index contributed by atoms with van der Waals surface area (Å²) in [7, 11) is 0. The molecule has 2 N–H and O–H groups in total. The Balaban J connectivity index is 2.45. The molecule has 0 fully saturated rings. The number of hydrogen-bond donors (Lipinski definition) is 2. The second-order valence-electron chi connectivity index (χ2n) is 6.98. The van der Waals surface area contributed by atoms with Crippen molar-refractivity contribution >= 4 is 0 Å². The molecule has 146 valence electrons. The monoisotopic (exact) mass is 382 g/mol. The fourth-order valence-electron chi connectivity index (χ4n) is 4.27. The van der Waals surface area contributed by atoms with E-state index in [0.29, 0.717) is 0 Å². The van der Waals surface area contributed by atoms with Crippen LogP contribution >= 0.6 is 0 Å². The molecule has 29 heavy (non-hydrogen) atoms. The van der Waals surface area contributed by atoms with E-state index >= 15 is 0 Å². The molecule has 2 aromatic rings. The molecule has 1 aliphatic rings. The first kappa shape index (κ1) is 20.2. The molecule has 3 rings (SSSR count). The zero-order chi connectivity index (χ0) is 21.0. The molecular formula is C27H26O2. The summed E-state index contributed by atoms with van der Waals surface area (Å²) in [6, 6.07) is 16.8. The summed E-state index contributed by atoms with van der Waals surface area (Å²) in [6.45, 7) is 11.2. The summed E-state index contributed by atoms with van der Waals surface area (Å²) in [4.78, 5) is 0. The van der Waals surface area contributed by atoms with E-state index in [0.717, 1.165) is 22.3 Å². The first-order chi connectivity index (χ1) is 14.0. The van der Waals surface area contributed by atoms with Gasteiger partial charge in [0.1, 0.15) is 11.5 Å². The summed E-state index contributed by atoms with van der Waals surface area (Å²) < 4.78 is 0. The lowest BCUT2D eigenvalue weighted by atomic mass is 9.66. The van der Waals surface area contributed by atoms with Crippen LogP contribution in [0.1, 0.15) is 25.0 Å². The molecule has 0 heterocycles. The molecule has 2 nitrogen and oxygen atoms in total. The Morgan fingerprint density at radius 1 is 0.690 bits per heavy atom. The van der Waals surface area contributed by atoms with Crippen LogP contribution in [0.2, 0.25) is 0 Å². The van der Waals surface area contributed by atoms with Gasteiger partial charge in [0.15, 0.2) is 0 Å². The minimum absolute atomic E-state index is 0.000346. The van der Waals surface area contributed by atoms with Gasteiger partial charge in [0.2, 0.25) is 0 Å². The Morgan fingerprint density at radius 2 is 1.07 bits per heavy atom. The van der Waals surface area contributed by atoms with Crippen molar-refractivity contribution in [2.75, 3.05) is 0 Å². The van der Waals surface area contributed by atoms with E-state index < -0.39 is 5.41 Å². The lowest BCUT2D eigenvalue weighted by Gasteiger charge is -2.35. The van der Waals surface area contributed by atoms with Gasteiger partial charge in [-0.25, -0.2) is 0 Å². The number of hydrogen-bond acceptors (Lipinski definition) is 2. The van der Waals surface area contributed by atoms with E-state index in [2.05, 4.69) is 49.6 Å². The van der Waals surface area contributed by atoms with E-state index in [1.54, 1.807) is 12.2 Å². The molecule has 1 aliphatic carbocycles. The lowest BCUT2D eigenvalue weighted by molar-refractivity contribution is 0.435. The fraction of sp³-hybridized carbons (Fsp3) is 0.111. The van der Waals surface area contributed by atoms with Gasteiger partial charge in [-0.15, -0.1) is 0 Å². The Labute approximate surface area is 172 Å². The minimum atomic E-state index is -0.589. The number of aliphatic hydroxyl groups excluding tert-OH is 2. The van der Waals surface area contributed by atoms with Gasteiger partial charge in [0.05, 0.1) is 5.41 Å². The molecular weight excluding hydrogens is 356 g/mol. The van der Waals surface area contributed by atoms with Crippen LogP contribution in [0.15, 0.2) is 121 Å². The lowest BCUT2D eigenvalue weighted by Crippen LogP contribution is -2.29. The Bertz CT molecular complexity index is 990. The SMILES string of the molecule is C=C(O)/C=C\C(=C/C)C1(C(/C=C\C(=C)O)=C/C)c2ccccc2-c2ccccc21. The summed E-state index contributed by atoms with van der Waals surface area (Å²) in [5.74, 6) is 0.000691. The summed E-state index contributed by atoms with van der Waals surface area (Å²) >= 11 is 0. The average molecular weight is 383 g/mol. The highest BCUT2D eigenvalue weighted by molar-refractivity contribution is 5.87. The standard InChI is InChI=1S/C27H26O2/c1-5-21(17-15-19(3)28)27(22(6-2)18-16-20(4)29)25-13-9-7-11-23(25)24-12-8-10-14-26(24)27/h5-18,28-29H,3-4H2,1-2H3/b17-15-,18-16-,21-5+,22-6+. The second kappa shape index (κ2) is 8.24. The zero-order valence-corrected chi connectivity index (χ0v) is 16.9. The number of rotatable bonds is 6. The maximum atomic E-state index is 9.70. The average Bonchev–Trinajstić information content (AvgIpc) is 3.01. The van der Waals surface area contributed by atoms with E-state index in [9.17, 15) is 10.2 Å². The van der Waals surface area contributed by atoms with Crippen LogP contribution in [0.5, 0.6) is 0 Å². The van der Waals surface area contributed by atoms with E-state index in [-0.39, 0.29) is 11.5 Å². The van der Waals surface area contributed by atoms with Crippen LogP contribution in [0, 0.1) is 0 Å². The van der Waals surface area contributed by atoms with E-state index in [1.807, 2.05) is 50.3 Å². The molecule has 0 amide bonds. The van der Waals surface area contributed by atoms with Crippen LogP contribution in [0.3, 0.4) is 0 Å². The maximum Gasteiger partial charge on any atom is 0.108 e. The van der Waals surface area contributed by atoms with Crippen LogP contribution in [-0.4, -0.2) is 10.2 Å². The van der Waals surface area contributed by atoms with Gasteiger partial charge in [0.25, 0.3) is 0 Å². The third-order valence-electron chi connectivity index (χ3n) is 5.35. The van der Waals surface area contributed by atoms with Crippen LogP contribution in [-0.2, 0) is 5.41 Å². The van der Waals surface area contributed by atoms with E-state index in [1.165, 1.54) is 11.1 Å². The molecule has 0 unspecified atom stereocenters. The smallest absolute Gasteiger partial charge is 0.108 e. The van der Waals surface area contributed by atoms with E-state index in [4.69, 9.17) is 0 Å². The molecule has 0 bridgehead atoms. The Morgan fingerprint density at radius 3 is 1.41 bits per heavy atom. The fourth-order valence-corrected chi connectivity index (χ4v) is 4.27. The number of aliphatic hydroxyl groups is 2. The Kier molecular flexibility index (Phi) is 5.74. The first-order valence-corrected chi connectivity index (χ1v) is 9.61. The van der Waals surface area contributed by atoms with Gasteiger partial charge in [-0.3, -0.25) is 0 Å². The maximum absolute atomic E-state index is 9.70. The predicted molar refractivity (Wildman–Crippen MR) is 122 cm³/mol. The predicted octanol–water partition coefficient (Wildman–Crippen LogP) is 7.10. The summed E-state index contributed by atoms with van der Waals surface area (Å²) in [5, 5.41) is 19.4. The highest BCUT2D eigenvalue weighted by atomic mass is 16.3. The number of benzene rings is 2. The normalized spacial score (nSPS) is 15.5. The van der Waals surface area contributed by atoms with Crippen molar-refractivity contribution < 1.29 is 10.2 Å². The van der Waals surface area contributed by atoms with Crippen molar-refractivity contribution in [2.45, 2.75) is 19.3 Å². The molecule has 2 aromatic carbocycles. The van der Waals surface area contributed by atoms with Gasteiger partial charge < -0.3 is 10.2 Å². The molecule has 0 radical (unpaired) electrons. The third-order valence-corrected chi connectivity index (χ3v) is 5.35. The topological polar surface area (TPSA) is 40.5 Å². The molecule has 0 spiro atoms. The minimum Gasteiger partial charge on any atom is -0.509 e. The molecule has 0 atom stereocenters. The van der Waals surface area contributed by atoms with Crippen molar-refractivity contribution in [3.63, 3.8) is 0 Å². The highest BCUT2D eigenvalue weighted by Crippen LogP contribution is 2.57. The second-order valence-corrected chi connectivity index (χ2v) is 6.98. The van der Waals surface area contributed by atoms with Crippen molar-refractivity contribution in [2.24, 2.45) is 0 Å². The highest BCUT2D eigenvalue weighted by Gasteiger charge is 2.46. The largest absolute Gasteiger partial charge is 0.509 e. The molecule has 0 saturated heterocycles. The molecule has 0 saturated carbocycles. The van der Waals surface area contributed by atoms with Crippen LogP contribution < -0.4 is 0 Å². The third kappa shape index (κ3) is 3.38. The first-order valence-electron chi connectivity index (χ1n) is 9.61. The van der Waals surface area contributed by atoms with Crippen LogP contribution in [0.4, 0.5) is 0 Å². The number of fused-ring (bicyclic) bond motifs is 3. The van der Waals surface area contributed by atoms with Gasteiger partial charge in [0, 0.05) is 0 Å². The zero-order valence-electron chi connectivity index (χ0n) is 16.9. The van der Waals surface area contributed by atoms with Crippen molar-refractivity contribution in [3.05, 3.63) is 132 Å². The number of allylic oxidation sites excluding steroid dienone is 8. The molecule has 0 aromatic heterocycles. The van der Waals surface area contributed by atoms with Gasteiger partial charge in [-0.05, 0) is 59.4 Å². The van der Waals surface area contributed by atoms with Gasteiger partial charge >= 0.3 is 0 Å². The van der Waals surface area contributed by atoms with Crippen molar-refractivity contribution in [1.82, 2.24) is 0 Å². The van der Waals surface area contributed by atoms with Crippen molar-refractivity contribution in [3.8, 4) is 11.1 Å². The summed E-state index contributed by atoms with van der Waals surface area (Å²) in [5.41, 5.74) is 6.09. The summed E-state index contributed by atoms with van der Waals surface area (Å²) in [6.07, 6.45) is 11.2. The van der Waals surface area contributed by atoms with Crippen LogP contribution in [0.25, 0.3) is 11.1 Å². The molecule has 0 aliphatic heterocycles. The van der Waals surface area contributed by atoms with Crippen molar-refractivity contribution in [1.29, 1.82) is 0 Å². The molecule has 2 heteroatoms. The quantitative estimate of drug-likeness (QED) is 0.413. The van der Waals surface area contributed by atoms with Gasteiger partial charge in [-0.2, -0.15) is 0 Å².